The number of carbonyl (C=O) groups is 3. The summed E-state index contributed by atoms with van der Waals surface area (Å²) in [6.45, 7) is -0.443. The molecule has 1 aliphatic carbocycles. The standard InChI is InChI=1S/C25H30N4O7.Fe/c30-22(27-18-10-8-17(9-11-18)25(35)36)14-29(16-24(33)34)21-7-2-1-6-20(21)28(15-23(31)32)13-19-5-3-4-12-26-19;/h3-5,8-12,20-21H,1-2,6-7,13-16H2,(H,27,30)(H,31,32)(H,33,34)(H,35,36);/t20?,21-;/m0./s1. The molecule has 1 aromatic carbocycles. The molecule has 11 nitrogen and oxygen atoms in total. The first-order valence-electron chi connectivity index (χ1n) is 11.6. The third-order valence-electron chi connectivity index (χ3n) is 6.12. The minimum atomic E-state index is -1.08. The molecule has 0 radical (unpaired) electrons. The van der Waals surface area contributed by atoms with Crippen molar-refractivity contribution in [3.05, 3.63) is 59.9 Å². The molecule has 37 heavy (non-hydrogen) atoms. The molecular weight excluding hydrogens is 524 g/mol. The van der Waals surface area contributed by atoms with Gasteiger partial charge < -0.3 is 20.4 Å². The van der Waals surface area contributed by atoms with Gasteiger partial charge in [-0.25, -0.2) is 9.79 Å². The van der Waals surface area contributed by atoms with Gasteiger partial charge in [0.1, 0.15) is 0 Å². The largest absolute Gasteiger partial charge is 0.495 e. The number of aromatic nitrogens is 1. The molecule has 1 fully saturated rings. The van der Waals surface area contributed by atoms with Gasteiger partial charge >= 0.3 is 17.9 Å². The van der Waals surface area contributed by atoms with E-state index in [1.54, 1.807) is 17.2 Å². The maximum absolute atomic E-state index is 11.7. The predicted molar refractivity (Wildman–Crippen MR) is 131 cm³/mol. The molecule has 2 aromatic rings. The first kappa shape index (κ1) is 29.9. The molecule has 2 atom stereocenters. The van der Waals surface area contributed by atoms with Gasteiger partial charge in [0.25, 0.3) is 0 Å². The summed E-state index contributed by atoms with van der Waals surface area (Å²) in [5, 5.41) is 38.7. The van der Waals surface area contributed by atoms with Gasteiger partial charge in [-0.3, -0.25) is 24.4 Å². The number of benzene rings is 1. The van der Waals surface area contributed by atoms with Crippen LogP contribution >= 0.6 is 0 Å². The second kappa shape index (κ2) is 14.4. The van der Waals surface area contributed by atoms with Crippen LogP contribution in [-0.2, 0) is 33.2 Å². The fourth-order valence-corrected chi connectivity index (χ4v) is 4.62. The summed E-state index contributed by atoms with van der Waals surface area (Å²) in [6, 6.07) is 10.5. The van der Waals surface area contributed by atoms with E-state index in [0.717, 1.165) is 12.8 Å². The Morgan fingerprint density at radius 3 is 1.97 bits per heavy atom. The van der Waals surface area contributed by atoms with Gasteiger partial charge in [-0.05, 0) is 49.2 Å². The Morgan fingerprint density at radius 2 is 1.43 bits per heavy atom. The molecule has 0 saturated heterocycles. The zero-order valence-corrected chi connectivity index (χ0v) is 21.2. The van der Waals surface area contributed by atoms with Crippen LogP contribution in [0.25, 0.3) is 0 Å². The molecule has 3 rings (SSSR count). The summed E-state index contributed by atoms with van der Waals surface area (Å²) < 4.78 is 0. The molecule has 1 aliphatic rings. The summed E-state index contributed by atoms with van der Waals surface area (Å²) in [6.07, 6.45) is 4.67. The van der Waals surface area contributed by atoms with E-state index in [1.807, 2.05) is 17.0 Å². The van der Waals surface area contributed by atoms with Gasteiger partial charge in [-0.1, -0.05) is 18.9 Å². The molecule has 12 heteroatoms. The number of hydrogen-bond acceptors (Lipinski definition) is 7. The Bertz CT molecular complexity index is 1080. The monoisotopic (exact) mass is 554 g/mol. The molecule has 0 spiro atoms. The Kier molecular flexibility index (Phi) is 11.7. The van der Waals surface area contributed by atoms with E-state index < -0.39 is 17.9 Å². The molecule has 1 aromatic heterocycles. The fraction of sp³-hybridized carbons (Fsp3) is 0.400. The van der Waals surface area contributed by atoms with Crippen molar-refractivity contribution in [3.63, 3.8) is 0 Å². The Balaban J connectivity index is 0.00000481. The van der Waals surface area contributed by atoms with Gasteiger partial charge in [-0.2, -0.15) is 0 Å². The van der Waals surface area contributed by atoms with Crippen LogP contribution in [0.3, 0.4) is 0 Å². The number of aliphatic carboxylic acids is 2. The summed E-state index contributed by atoms with van der Waals surface area (Å²) in [5.41, 5.74) is 1.12. The van der Waals surface area contributed by atoms with E-state index in [2.05, 4.69) is 9.98 Å². The van der Waals surface area contributed by atoms with Gasteiger partial charge in [-0.15, -0.1) is 0 Å². The maximum Gasteiger partial charge on any atom is 0.335 e. The van der Waals surface area contributed by atoms with Crippen molar-refractivity contribution in [1.82, 2.24) is 14.8 Å². The van der Waals surface area contributed by atoms with E-state index in [0.29, 0.717) is 30.8 Å². The van der Waals surface area contributed by atoms with Crippen LogP contribution in [0.15, 0.2) is 53.7 Å². The van der Waals surface area contributed by atoms with Crippen LogP contribution in [-0.4, -0.2) is 90.7 Å². The molecule has 1 heterocycles. The van der Waals surface area contributed by atoms with Crippen molar-refractivity contribution in [1.29, 1.82) is 0 Å². The number of carboxylic acids is 3. The summed E-state index contributed by atoms with van der Waals surface area (Å²) in [4.78, 5) is 46.3. The fourth-order valence-electron chi connectivity index (χ4n) is 4.62. The Hall–Kier alpha value is -3.31. The van der Waals surface area contributed by atoms with Crippen molar-refractivity contribution >= 4 is 29.5 Å². The number of aliphatic hydroxyl groups is 1. The number of aromatic carboxylic acids is 1. The number of aliphatic imine (C=N–C) groups is 1. The van der Waals surface area contributed by atoms with Gasteiger partial charge in [0, 0.05) is 41.9 Å². The number of carboxylic acid groups (broad SMARTS) is 3. The molecule has 1 saturated carbocycles. The van der Waals surface area contributed by atoms with E-state index in [9.17, 15) is 29.7 Å². The van der Waals surface area contributed by atoms with Crippen LogP contribution in [0, 0.1) is 0 Å². The molecular formula is C25H30FeN4O7. The molecule has 200 valence electrons. The summed E-state index contributed by atoms with van der Waals surface area (Å²) in [7, 11) is 0. The van der Waals surface area contributed by atoms with Crippen molar-refractivity contribution in [2.45, 2.75) is 44.3 Å². The van der Waals surface area contributed by atoms with Gasteiger partial charge in [0.2, 0.25) is 5.90 Å². The van der Waals surface area contributed by atoms with E-state index in [1.165, 1.54) is 24.3 Å². The van der Waals surface area contributed by atoms with E-state index >= 15 is 0 Å². The quantitative estimate of drug-likeness (QED) is 0.174. The first-order chi connectivity index (χ1) is 17.2. The number of hydrogen-bond donors (Lipinski definition) is 4. The zero-order valence-electron chi connectivity index (χ0n) is 20.1. The van der Waals surface area contributed by atoms with Gasteiger partial charge in [0.05, 0.1) is 36.6 Å². The van der Waals surface area contributed by atoms with Crippen LogP contribution in [0.2, 0.25) is 0 Å². The van der Waals surface area contributed by atoms with Crippen molar-refractivity contribution < 1.29 is 51.9 Å². The molecule has 1 unspecified atom stereocenters. The summed E-state index contributed by atoms with van der Waals surface area (Å²) in [5.74, 6) is -3.47. The molecule has 0 amide bonds. The molecule has 0 aliphatic heterocycles. The SMILES string of the molecule is O=C(O)CN(Cc1ccccn1)C1CCCC[C@@H]1N(CC(=O)O)CC(O)=Nc1ccc(C(=O)O)cc1.[Fe]. The second-order valence-electron chi connectivity index (χ2n) is 8.72. The third-order valence-corrected chi connectivity index (χ3v) is 6.12. The van der Waals surface area contributed by atoms with E-state index in [4.69, 9.17) is 5.11 Å². The molecule has 0 bridgehead atoms. The minimum Gasteiger partial charge on any atom is -0.495 e. The van der Waals surface area contributed by atoms with Crippen LogP contribution in [0.5, 0.6) is 0 Å². The maximum atomic E-state index is 11.7. The van der Waals surface area contributed by atoms with Crippen LogP contribution < -0.4 is 0 Å². The van der Waals surface area contributed by atoms with Crippen molar-refractivity contribution in [2.24, 2.45) is 4.99 Å². The number of rotatable bonds is 12. The van der Waals surface area contributed by atoms with E-state index in [-0.39, 0.29) is 60.2 Å². The second-order valence-corrected chi connectivity index (χ2v) is 8.72. The van der Waals surface area contributed by atoms with Gasteiger partial charge in [0.15, 0.2) is 0 Å². The molecule has 4 N–H and O–H groups in total. The minimum absolute atomic E-state index is 0. The summed E-state index contributed by atoms with van der Waals surface area (Å²) >= 11 is 0. The Morgan fingerprint density at radius 1 is 0.838 bits per heavy atom. The Labute approximate surface area is 224 Å². The average Bonchev–Trinajstić information content (AvgIpc) is 2.83. The van der Waals surface area contributed by atoms with Crippen LogP contribution in [0.1, 0.15) is 41.7 Å². The number of nitrogens with zero attached hydrogens (tertiary/aromatic N) is 4. The van der Waals surface area contributed by atoms with Crippen molar-refractivity contribution in [2.75, 3.05) is 19.6 Å². The topological polar surface area (TPSA) is 164 Å². The average molecular weight is 554 g/mol. The number of aliphatic hydroxyl groups excluding tert-OH is 1. The zero-order chi connectivity index (χ0) is 26.1. The normalized spacial score (nSPS) is 17.8. The number of pyridine rings is 1. The third kappa shape index (κ3) is 9.25. The van der Waals surface area contributed by atoms with Crippen molar-refractivity contribution in [3.8, 4) is 0 Å². The smallest absolute Gasteiger partial charge is 0.335 e. The van der Waals surface area contributed by atoms with Crippen LogP contribution in [0.4, 0.5) is 5.69 Å². The predicted octanol–water partition coefficient (Wildman–Crippen LogP) is 2.65. The first-order valence-corrected chi connectivity index (χ1v) is 11.6.